The van der Waals surface area contributed by atoms with Gasteiger partial charge in [0.2, 0.25) is 0 Å². The zero-order valence-corrected chi connectivity index (χ0v) is 12.9. The summed E-state index contributed by atoms with van der Waals surface area (Å²) in [5, 5.41) is 2.19. The summed E-state index contributed by atoms with van der Waals surface area (Å²) in [5.74, 6) is 2.16. The van der Waals surface area contributed by atoms with Crippen LogP contribution in [0.3, 0.4) is 0 Å². The van der Waals surface area contributed by atoms with Gasteiger partial charge in [0, 0.05) is 11.5 Å². The number of hydrogen-bond donors (Lipinski definition) is 0. The Morgan fingerprint density at radius 1 is 0.895 bits per heavy atom. The fourth-order valence-corrected chi connectivity index (χ4v) is 4.10. The monoisotopic (exact) mass is 291 g/mol. The second-order valence-corrected chi connectivity index (χ2v) is 6.83. The van der Waals surface area contributed by atoms with Crippen molar-refractivity contribution >= 4 is 39.5 Å². The highest BCUT2D eigenvalue weighted by Crippen LogP contribution is 2.29. The van der Waals surface area contributed by atoms with Crippen molar-refractivity contribution in [2.24, 2.45) is 9.98 Å². The fraction of sp³-hybridized carbons (Fsp3) is 0.429. The van der Waals surface area contributed by atoms with Crippen LogP contribution in [0, 0.1) is 13.8 Å². The predicted molar refractivity (Wildman–Crippen MR) is 87.9 cm³/mol. The first-order valence-corrected chi connectivity index (χ1v) is 8.44. The second-order valence-electron chi connectivity index (χ2n) is 4.71. The summed E-state index contributed by atoms with van der Waals surface area (Å²) in [6.45, 7) is 6.11. The lowest BCUT2D eigenvalue weighted by Gasteiger charge is -2.24. The van der Waals surface area contributed by atoms with Gasteiger partial charge in [-0.15, -0.1) is 0 Å². The molecule has 3 nitrogen and oxygen atoms in total. The van der Waals surface area contributed by atoms with E-state index in [0.29, 0.717) is 0 Å². The molecular weight excluding hydrogens is 274 g/mol. The molecule has 0 amide bonds. The van der Waals surface area contributed by atoms with Crippen LogP contribution < -0.4 is 4.90 Å². The van der Waals surface area contributed by atoms with Gasteiger partial charge in [-0.05, 0) is 37.1 Å². The lowest BCUT2D eigenvalue weighted by atomic mass is 10.1. The normalized spacial score (nSPS) is 18.4. The molecule has 0 aliphatic carbocycles. The first kappa shape index (κ1) is 13.1. The average molecular weight is 291 g/mol. The van der Waals surface area contributed by atoms with Crippen molar-refractivity contribution in [3.63, 3.8) is 0 Å². The van der Waals surface area contributed by atoms with Gasteiger partial charge >= 0.3 is 0 Å². The van der Waals surface area contributed by atoms with E-state index in [0.717, 1.165) is 34.9 Å². The molecule has 3 rings (SSSR count). The lowest BCUT2D eigenvalue weighted by molar-refractivity contribution is 1.15. The zero-order chi connectivity index (χ0) is 13.2. The molecule has 0 bridgehead atoms. The summed E-state index contributed by atoms with van der Waals surface area (Å²) >= 11 is 3.65. The van der Waals surface area contributed by atoms with Crippen LogP contribution in [0.15, 0.2) is 28.2 Å². The SMILES string of the molecule is Cc1cc(C)cc(N(C2=NCCS2)C2=NCCS2)c1. The van der Waals surface area contributed by atoms with E-state index in [1.165, 1.54) is 16.8 Å². The minimum atomic E-state index is 0.916. The van der Waals surface area contributed by atoms with Crippen molar-refractivity contribution in [3.8, 4) is 0 Å². The number of nitrogens with zero attached hydrogens (tertiary/aromatic N) is 3. The number of benzene rings is 1. The Hall–Kier alpha value is -0.940. The number of rotatable bonds is 1. The van der Waals surface area contributed by atoms with Crippen LogP contribution in [0.5, 0.6) is 0 Å². The maximum Gasteiger partial charge on any atom is 0.170 e. The van der Waals surface area contributed by atoms with Crippen LogP contribution in [0.25, 0.3) is 0 Å². The van der Waals surface area contributed by atoms with E-state index in [1.807, 2.05) is 23.5 Å². The average Bonchev–Trinajstić information content (AvgIpc) is 3.01. The summed E-state index contributed by atoms with van der Waals surface area (Å²) in [6.07, 6.45) is 0. The molecule has 5 heteroatoms. The summed E-state index contributed by atoms with van der Waals surface area (Å²) in [6, 6.07) is 6.64. The number of amidine groups is 2. The van der Waals surface area contributed by atoms with E-state index in [9.17, 15) is 0 Å². The quantitative estimate of drug-likeness (QED) is 0.794. The molecule has 0 saturated heterocycles. The Labute approximate surface area is 122 Å². The first-order valence-electron chi connectivity index (χ1n) is 6.47. The molecule has 0 unspecified atom stereocenters. The highest BCUT2D eigenvalue weighted by Gasteiger charge is 2.25. The van der Waals surface area contributed by atoms with Crippen LogP contribution in [0.2, 0.25) is 0 Å². The number of thioether (sulfide) groups is 2. The molecule has 1 aromatic carbocycles. The Morgan fingerprint density at radius 3 is 1.84 bits per heavy atom. The molecule has 2 heterocycles. The first-order chi connectivity index (χ1) is 9.24. The lowest BCUT2D eigenvalue weighted by Crippen LogP contribution is -2.32. The largest absolute Gasteiger partial charge is 0.269 e. The Balaban J connectivity index is 2.02. The second kappa shape index (κ2) is 5.59. The Kier molecular flexibility index (Phi) is 3.84. The van der Waals surface area contributed by atoms with Gasteiger partial charge < -0.3 is 0 Å². The van der Waals surface area contributed by atoms with Crippen molar-refractivity contribution in [3.05, 3.63) is 29.3 Å². The molecule has 0 aromatic heterocycles. The van der Waals surface area contributed by atoms with Gasteiger partial charge in [0.1, 0.15) is 0 Å². The van der Waals surface area contributed by atoms with Crippen LogP contribution >= 0.6 is 23.5 Å². The van der Waals surface area contributed by atoms with Gasteiger partial charge in [-0.1, -0.05) is 29.6 Å². The van der Waals surface area contributed by atoms with E-state index in [-0.39, 0.29) is 0 Å². The minimum Gasteiger partial charge on any atom is -0.269 e. The van der Waals surface area contributed by atoms with Crippen LogP contribution in [-0.4, -0.2) is 34.9 Å². The number of hydrogen-bond acceptors (Lipinski definition) is 5. The molecule has 100 valence electrons. The van der Waals surface area contributed by atoms with Crippen molar-refractivity contribution in [2.45, 2.75) is 13.8 Å². The van der Waals surface area contributed by atoms with Gasteiger partial charge in [-0.25, -0.2) is 0 Å². The Morgan fingerprint density at radius 2 is 1.42 bits per heavy atom. The standard InChI is InChI=1S/C14H17N3S2/c1-10-7-11(2)9-12(8-10)17(13-15-3-5-18-13)14-16-4-6-19-14/h7-9H,3-6H2,1-2H3. The third-order valence-electron chi connectivity index (χ3n) is 2.99. The van der Waals surface area contributed by atoms with Gasteiger partial charge in [-0.3, -0.25) is 14.9 Å². The summed E-state index contributed by atoms with van der Waals surface area (Å²) in [7, 11) is 0. The van der Waals surface area contributed by atoms with Crippen LogP contribution in [0.4, 0.5) is 5.69 Å². The van der Waals surface area contributed by atoms with E-state index in [4.69, 9.17) is 0 Å². The maximum absolute atomic E-state index is 4.63. The van der Waals surface area contributed by atoms with Gasteiger partial charge in [-0.2, -0.15) is 0 Å². The molecule has 0 radical (unpaired) electrons. The highest BCUT2D eigenvalue weighted by molar-refractivity contribution is 8.16. The number of anilines is 1. The van der Waals surface area contributed by atoms with Crippen molar-refractivity contribution in [1.29, 1.82) is 0 Å². The molecular formula is C14H17N3S2. The van der Waals surface area contributed by atoms with Gasteiger partial charge in [0.05, 0.1) is 18.8 Å². The van der Waals surface area contributed by atoms with Crippen LogP contribution in [-0.2, 0) is 0 Å². The highest BCUT2D eigenvalue weighted by atomic mass is 32.2. The van der Waals surface area contributed by atoms with Crippen molar-refractivity contribution < 1.29 is 0 Å². The molecule has 0 atom stereocenters. The molecule has 0 fully saturated rings. The number of aliphatic imine (C=N–C) groups is 2. The van der Waals surface area contributed by atoms with Gasteiger partial charge in [0.25, 0.3) is 0 Å². The van der Waals surface area contributed by atoms with Crippen molar-refractivity contribution in [2.75, 3.05) is 29.5 Å². The zero-order valence-electron chi connectivity index (χ0n) is 11.2. The molecule has 0 spiro atoms. The topological polar surface area (TPSA) is 28.0 Å². The van der Waals surface area contributed by atoms with E-state index >= 15 is 0 Å². The third-order valence-corrected chi connectivity index (χ3v) is 4.90. The molecule has 0 saturated carbocycles. The van der Waals surface area contributed by atoms with E-state index in [1.54, 1.807) is 0 Å². The Bertz CT molecular complexity index is 507. The van der Waals surface area contributed by atoms with E-state index < -0.39 is 0 Å². The molecule has 0 N–H and O–H groups in total. The summed E-state index contributed by atoms with van der Waals surface area (Å²) in [4.78, 5) is 11.5. The minimum absolute atomic E-state index is 0.916. The van der Waals surface area contributed by atoms with Crippen molar-refractivity contribution in [1.82, 2.24) is 0 Å². The summed E-state index contributed by atoms with van der Waals surface area (Å²) < 4.78 is 0. The molecule has 1 aromatic rings. The maximum atomic E-state index is 4.63. The molecule has 2 aliphatic heterocycles. The van der Waals surface area contributed by atoms with Gasteiger partial charge in [0.15, 0.2) is 10.3 Å². The third kappa shape index (κ3) is 2.82. The molecule has 2 aliphatic rings. The van der Waals surface area contributed by atoms with Crippen LogP contribution in [0.1, 0.15) is 11.1 Å². The smallest absolute Gasteiger partial charge is 0.170 e. The predicted octanol–water partition coefficient (Wildman–Crippen LogP) is 3.32. The summed E-state index contributed by atoms with van der Waals surface area (Å²) in [5.41, 5.74) is 3.76. The number of aryl methyl sites for hydroxylation is 2. The van der Waals surface area contributed by atoms with E-state index in [2.05, 4.69) is 46.9 Å². The fourth-order valence-electron chi connectivity index (χ4n) is 2.30. The molecule has 19 heavy (non-hydrogen) atoms.